The molecule has 23 heavy (non-hydrogen) atoms. The van der Waals surface area contributed by atoms with Crippen LogP contribution in [0.5, 0.6) is 0 Å². The molecule has 1 atom stereocenters. The molecule has 1 aromatic rings. The molecule has 1 N–H and O–H groups in total. The van der Waals surface area contributed by atoms with Gasteiger partial charge in [-0.2, -0.15) is 0 Å². The van der Waals surface area contributed by atoms with Gasteiger partial charge in [0.05, 0.1) is 0 Å². The van der Waals surface area contributed by atoms with Crippen LogP contribution < -0.4 is 5.32 Å². The monoisotopic (exact) mass is 400 g/mol. The van der Waals surface area contributed by atoms with Crippen molar-refractivity contribution < 1.29 is 13.9 Å². The normalized spacial score (nSPS) is 20.9. The molecule has 7 heteroatoms. The van der Waals surface area contributed by atoms with E-state index in [1.54, 1.807) is 51.3 Å². The maximum absolute atomic E-state index is 14.2. The summed E-state index contributed by atoms with van der Waals surface area (Å²) in [5, 5.41) is 4.74. The van der Waals surface area contributed by atoms with Gasteiger partial charge >= 0.3 is 6.09 Å². The highest BCUT2D eigenvalue weighted by Gasteiger charge is 2.30. The number of nitrogens with zero attached hydrogens (tertiary/aromatic N) is 1. The molecule has 1 aliphatic rings. The molecule has 0 bridgehead atoms. The van der Waals surface area contributed by atoms with Crippen molar-refractivity contribution in [1.29, 1.82) is 0 Å². The van der Waals surface area contributed by atoms with Crippen LogP contribution in [-0.2, 0) is 10.3 Å². The number of hydrogen-bond donors (Lipinski definition) is 1. The number of hydrogen-bond acceptors (Lipinski definition) is 4. The molecule has 0 aliphatic carbocycles. The second kappa shape index (κ2) is 6.65. The van der Waals surface area contributed by atoms with Gasteiger partial charge in [-0.25, -0.2) is 14.2 Å². The van der Waals surface area contributed by atoms with Crippen LogP contribution in [0.25, 0.3) is 0 Å². The lowest BCUT2D eigenvalue weighted by atomic mass is 9.92. The summed E-state index contributed by atoms with van der Waals surface area (Å²) in [6, 6.07) is 4.70. The van der Waals surface area contributed by atoms with Gasteiger partial charge in [-0.05, 0) is 57.4 Å². The maximum Gasteiger partial charge on any atom is 0.413 e. The topological polar surface area (TPSA) is 50.7 Å². The number of halogens is 2. The summed E-state index contributed by atoms with van der Waals surface area (Å²) < 4.78 is 20.1. The summed E-state index contributed by atoms with van der Waals surface area (Å²) in [6.07, 6.45) is 1.21. The molecular weight excluding hydrogens is 383 g/mol. The SMILES string of the molecule is CC(C)(C)OC(=O)NC1=NC(C)(c2cc(Br)ccc2F)C=CS1. The van der Waals surface area contributed by atoms with Gasteiger partial charge in [0, 0.05) is 10.0 Å². The van der Waals surface area contributed by atoms with E-state index in [-0.39, 0.29) is 5.82 Å². The highest BCUT2D eigenvalue weighted by Crippen LogP contribution is 2.35. The lowest BCUT2D eigenvalue weighted by Crippen LogP contribution is -2.37. The first-order valence-corrected chi connectivity index (χ1v) is 8.66. The van der Waals surface area contributed by atoms with E-state index in [1.807, 2.05) is 0 Å². The van der Waals surface area contributed by atoms with Crippen LogP contribution >= 0.6 is 27.7 Å². The Morgan fingerprint density at radius 2 is 2.13 bits per heavy atom. The Kier molecular flexibility index (Phi) is 5.20. The average Bonchev–Trinajstić information content (AvgIpc) is 2.39. The molecule has 1 aliphatic heterocycles. The smallest absolute Gasteiger partial charge is 0.413 e. The number of ether oxygens (including phenoxy) is 1. The van der Waals surface area contributed by atoms with Crippen LogP contribution in [0.3, 0.4) is 0 Å². The maximum atomic E-state index is 14.2. The quantitative estimate of drug-likeness (QED) is 0.725. The Balaban J connectivity index is 2.25. The Bertz CT molecular complexity index is 685. The molecule has 2 rings (SSSR count). The molecule has 4 nitrogen and oxygen atoms in total. The van der Waals surface area contributed by atoms with Crippen molar-refractivity contribution in [3.05, 3.63) is 45.5 Å². The Morgan fingerprint density at radius 3 is 2.78 bits per heavy atom. The van der Waals surface area contributed by atoms with Crippen LogP contribution in [0, 0.1) is 5.82 Å². The third kappa shape index (κ3) is 4.81. The van der Waals surface area contributed by atoms with Crippen LogP contribution in [-0.4, -0.2) is 16.9 Å². The van der Waals surface area contributed by atoms with Crippen LogP contribution in [0.2, 0.25) is 0 Å². The van der Waals surface area contributed by atoms with Gasteiger partial charge in [0.1, 0.15) is 17.0 Å². The Morgan fingerprint density at radius 1 is 1.43 bits per heavy atom. The van der Waals surface area contributed by atoms with Crippen LogP contribution in [0.4, 0.5) is 9.18 Å². The van der Waals surface area contributed by atoms with Crippen molar-refractivity contribution in [2.24, 2.45) is 4.99 Å². The van der Waals surface area contributed by atoms with Gasteiger partial charge in [-0.3, -0.25) is 5.32 Å². The Labute approximate surface area is 147 Å². The number of thioether (sulfide) groups is 1. The first kappa shape index (κ1) is 18.0. The number of aliphatic imine (C=N–C) groups is 1. The largest absolute Gasteiger partial charge is 0.444 e. The highest BCUT2D eigenvalue weighted by molar-refractivity contribution is 9.10. The number of carbonyl (C=O) groups is 1. The zero-order valence-corrected chi connectivity index (χ0v) is 15.7. The van der Waals surface area contributed by atoms with Crippen molar-refractivity contribution in [2.75, 3.05) is 0 Å². The van der Waals surface area contributed by atoms with E-state index in [0.29, 0.717) is 10.7 Å². The zero-order valence-electron chi connectivity index (χ0n) is 13.3. The summed E-state index contributed by atoms with van der Waals surface area (Å²) in [6.45, 7) is 7.13. The number of alkyl carbamates (subject to hydrolysis) is 1. The number of nitrogens with one attached hydrogen (secondary N) is 1. The van der Waals surface area contributed by atoms with Crippen LogP contribution in [0.15, 0.2) is 39.1 Å². The number of amides is 1. The summed E-state index contributed by atoms with van der Waals surface area (Å²) in [4.78, 5) is 16.3. The highest BCUT2D eigenvalue weighted by atomic mass is 79.9. The number of carbonyl (C=O) groups excluding carboxylic acids is 1. The summed E-state index contributed by atoms with van der Waals surface area (Å²) in [5.41, 5.74) is -1.07. The van der Waals surface area contributed by atoms with Gasteiger partial charge in [0.25, 0.3) is 0 Å². The molecule has 0 saturated carbocycles. The molecule has 1 unspecified atom stereocenters. The first-order chi connectivity index (χ1) is 10.6. The summed E-state index contributed by atoms with van der Waals surface area (Å²) >= 11 is 4.59. The Hall–Kier alpha value is -1.34. The lowest BCUT2D eigenvalue weighted by molar-refractivity contribution is 0.0564. The third-order valence-electron chi connectivity index (χ3n) is 2.99. The van der Waals surface area contributed by atoms with Crippen molar-refractivity contribution in [3.63, 3.8) is 0 Å². The van der Waals surface area contributed by atoms with Crippen molar-refractivity contribution in [3.8, 4) is 0 Å². The molecule has 1 heterocycles. The first-order valence-electron chi connectivity index (χ1n) is 6.99. The molecule has 0 saturated heterocycles. The van der Waals surface area contributed by atoms with Crippen molar-refractivity contribution >= 4 is 39.0 Å². The summed E-state index contributed by atoms with van der Waals surface area (Å²) in [5.74, 6) is -0.354. The molecule has 0 fully saturated rings. The average molecular weight is 401 g/mol. The van der Waals surface area contributed by atoms with Crippen LogP contribution in [0.1, 0.15) is 33.3 Å². The van der Waals surface area contributed by atoms with E-state index in [4.69, 9.17) is 4.74 Å². The molecular formula is C16H18BrFN2O2S. The molecule has 0 aromatic heterocycles. The van der Waals surface area contributed by atoms with E-state index in [0.717, 1.165) is 4.47 Å². The van der Waals surface area contributed by atoms with Crippen molar-refractivity contribution in [2.45, 2.75) is 38.8 Å². The third-order valence-corrected chi connectivity index (χ3v) is 4.17. The van der Waals surface area contributed by atoms with Gasteiger partial charge in [-0.15, -0.1) is 0 Å². The van der Waals surface area contributed by atoms with Gasteiger partial charge in [0.15, 0.2) is 5.17 Å². The second-order valence-electron chi connectivity index (χ2n) is 6.24. The standard InChI is InChI=1S/C16H18BrFN2O2S/c1-15(2,3)22-14(21)19-13-20-16(4,7-8-23-13)11-9-10(17)5-6-12(11)18/h5-9H,1-4H3,(H,19,20,21). The fourth-order valence-electron chi connectivity index (χ4n) is 1.99. The fraction of sp³-hybridized carbons (Fsp3) is 0.375. The molecule has 0 spiro atoms. The van der Waals surface area contributed by atoms with E-state index in [2.05, 4.69) is 26.2 Å². The number of benzene rings is 1. The number of amidine groups is 1. The van der Waals surface area contributed by atoms with Gasteiger partial charge in [0.2, 0.25) is 0 Å². The molecule has 124 valence electrons. The second-order valence-corrected chi connectivity index (χ2v) is 8.05. The van der Waals surface area contributed by atoms with E-state index in [9.17, 15) is 9.18 Å². The number of rotatable bonds is 1. The summed E-state index contributed by atoms with van der Waals surface area (Å²) in [7, 11) is 0. The molecule has 0 radical (unpaired) electrons. The predicted molar refractivity (Wildman–Crippen MR) is 95.0 cm³/mol. The fourth-order valence-corrected chi connectivity index (χ4v) is 3.20. The lowest BCUT2D eigenvalue weighted by Gasteiger charge is -2.27. The van der Waals surface area contributed by atoms with Crippen molar-refractivity contribution in [1.82, 2.24) is 5.32 Å². The minimum atomic E-state index is -0.899. The van der Waals surface area contributed by atoms with Gasteiger partial charge < -0.3 is 4.74 Å². The minimum Gasteiger partial charge on any atom is -0.444 e. The minimum absolute atomic E-state index is 0.354. The van der Waals surface area contributed by atoms with Gasteiger partial charge in [-0.1, -0.05) is 27.7 Å². The molecule has 1 aromatic carbocycles. The predicted octanol–water partition coefficient (Wildman–Crippen LogP) is 4.94. The zero-order chi connectivity index (χ0) is 17.3. The molecule has 1 amide bonds. The van der Waals surface area contributed by atoms with E-state index in [1.165, 1.54) is 17.8 Å². The van der Waals surface area contributed by atoms with E-state index < -0.39 is 17.2 Å². The van der Waals surface area contributed by atoms with E-state index >= 15 is 0 Å².